The van der Waals surface area contributed by atoms with Crippen molar-refractivity contribution in [1.82, 2.24) is 24.8 Å². The molecule has 0 atom stereocenters. The van der Waals surface area contributed by atoms with Gasteiger partial charge in [0.15, 0.2) is 0 Å². The predicted octanol–water partition coefficient (Wildman–Crippen LogP) is 3.43. The standard InChI is InChI=1S/C19H17N5O2/c1-13-3-8-19(23-22-13)26-15-5-7-18-16(10-21-24(18)11-15)17-6-4-14(9-20-17)12-25-2/h3-11H,12H2,1-2H3. The molecular weight excluding hydrogens is 330 g/mol. The maximum atomic E-state index is 5.74. The first-order valence-corrected chi connectivity index (χ1v) is 8.13. The fourth-order valence-electron chi connectivity index (χ4n) is 2.62. The van der Waals surface area contributed by atoms with Crippen molar-refractivity contribution in [2.24, 2.45) is 0 Å². The van der Waals surface area contributed by atoms with E-state index in [1.54, 1.807) is 30.1 Å². The van der Waals surface area contributed by atoms with Gasteiger partial charge in [-0.2, -0.15) is 10.2 Å². The Morgan fingerprint density at radius 1 is 1.00 bits per heavy atom. The van der Waals surface area contributed by atoms with Gasteiger partial charge in [0, 0.05) is 24.9 Å². The lowest BCUT2D eigenvalue weighted by molar-refractivity contribution is 0.184. The quantitative estimate of drug-likeness (QED) is 0.551. The van der Waals surface area contributed by atoms with Crippen LogP contribution in [0.1, 0.15) is 11.3 Å². The lowest BCUT2D eigenvalue weighted by Crippen LogP contribution is -1.94. The summed E-state index contributed by atoms with van der Waals surface area (Å²) < 4.78 is 12.6. The van der Waals surface area contributed by atoms with Gasteiger partial charge in [0.1, 0.15) is 5.75 Å². The van der Waals surface area contributed by atoms with Gasteiger partial charge in [-0.3, -0.25) is 4.98 Å². The van der Waals surface area contributed by atoms with Gasteiger partial charge in [0.05, 0.1) is 35.9 Å². The Hall–Kier alpha value is -3.32. The van der Waals surface area contributed by atoms with E-state index >= 15 is 0 Å². The van der Waals surface area contributed by atoms with E-state index in [4.69, 9.17) is 9.47 Å². The SMILES string of the molecule is COCc1ccc(-c2cnn3cc(Oc4ccc(C)nn4)ccc23)nc1. The summed E-state index contributed by atoms with van der Waals surface area (Å²) in [6.45, 7) is 2.43. The molecule has 0 saturated carbocycles. The zero-order chi connectivity index (χ0) is 17.9. The summed E-state index contributed by atoms with van der Waals surface area (Å²) in [6, 6.07) is 11.4. The number of aryl methyl sites for hydroxylation is 1. The highest BCUT2D eigenvalue weighted by Gasteiger charge is 2.09. The smallest absolute Gasteiger partial charge is 0.238 e. The number of ether oxygens (including phenoxy) is 2. The second-order valence-corrected chi connectivity index (χ2v) is 5.85. The Bertz CT molecular complexity index is 1030. The van der Waals surface area contributed by atoms with Crippen LogP contribution in [-0.2, 0) is 11.3 Å². The number of hydrogen-bond acceptors (Lipinski definition) is 6. The van der Waals surface area contributed by atoms with E-state index in [2.05, 4.69) is 20.3 Å². The number of pyridine rings is 2. The molecule has 0 radical (unpaired) electrons. The first kappa shape index (κ1) is 16.2. The average Bonchev–Trinajstić information content (AvgIpc) is 3.08. The van der Waals surface area contributed by atoms with Gasteiger partial charge in [-0.1, -0.05) is 6.07 Å². The number of aromatic nitrogens is 5. The molecule has 0 aromatic carbocycles. The molecule has 7 nitrogen and oxygen atoms in total. The first-order valence-electron chi connectivity index (χ1n) is 8.13. The molecule has 0 unspecified atom stereocenters. The molecule has 7 heteroatoms. The summed E-state index contributed by atoms with van der Waals surface area (Å²) in [5.41, 5.74) is 4.63. The van der Waals surface area contributed by atoms with Crippen molar-refractivity contribution in [3.05, 3.63) is 66.2 Å². The summed E-state index contributed by atoms with van der Waals surface area (Å²) >= 11 is 0. The van der Waals surface area contributed by atoms with Crippen molar-refractivity contribution in [2.45, 2.75) is 13.5 Å². The molecular formula is C19H17N5O2. The van der Waals surface area contributed by atoms with Gasteiger partial charge >= 0.3 is 0 Å². The molecule has 4 aromatic heterocycles. The summed E-state index contributed by atoms with van der Waals surface area (Å²) in [4.78, 5) is 4.51. The number of fused-ring (bicyclic) bond motifs is 1. The van der Waals surface area contributed by atoms with Crippen LogP contribution in [0.2, 0.25) is 0 Å². The Kier molecular flexibility index (Phi) is 4.28. The van der Waals surface area contributed by atoms with Gasteiger partial charge < -0.3 is 9.47 Å². The van der Waals surface area contributed by atoms with Crippen LogP contribution in [0, 0.1) is 6.92 Å². The highest BCUT2D eigenvalue weighted by molar-refractivity contribution is 5.77. The van der Waals surface area contributed by atoms with Crippen LogP contribution < -0.4 is 4.74 Å². The number of nitrogens with zero attached hydrogens (tertiary/aromatic N) is 5. The van der Waals surface area contributed by atoms with Gasteiger partial charge in [0.25, 0.3) is 0 Å². The van der Waals surface area contributed by atoms with Crippen molar-refractivity contribution in [1.29, 1.82) is 0 Å². The normalized spacial score (nSPS) is 11.0. The van der Waals surface area contributed by atoms with Gasteiger partial charge in [-0.25, -0.2) is 4.52 Å². The van der Waals surface area contributed by atoms with Crippen LogP contribution in [0.25, 0.3) is 16.8 Å². The molecule has 0 amide bonds. The molecule has 0 saturated heterocycles. The summed E-state index contributed by atoms with van der Waals surface area (Å²) in [5, 5.41) is 12.4. The Balaban J connectivity index is 1.61. The molecule has 0 aliphatic carbocycles. The first-order chi connectivity index (χ1) is 12.7. The van der Waals surface area contributed by atoms with E-state index in [0.29, 0.717) is 18.2 Å². The van der Waals surface area contributed by atoms with Gasteiger partial charge in [0.2, 0.25) is 5.88 Å². The van der Waals surface area contributed by atoms with Crippen molar-refractivity contribution in [3.63, 3.8) is 0 Å². The Morgan fingerprint density at radius 3 is 2.65 bits per heavy atom. The monoisotopic (exact) mass is 347 g/mol. The average molecular weight is 347 g/mol. The van der Waals surface area contributed by atoms with Crippen LogP contribution in [0.3, 0.4) is 0 Å². The molecule has 4 heterocycles. The van der Waals surface area contributed by atoms with Crippen molar-refractivity contribution < 1.29 is 9.47 Å². The van der Waals surface area contributed by atoms with Crippen molar-refractivity contribution >= 4 is 5.52 Å². The molecule has 0 N–H and O–H groups in total. The molecule has 0 aliphatic rings. The van der Waals surface area contributed by atoms with Crippen LogP contribution in [0.15, 0.2) is 55.0 Å². The molecule has 26 heavy (non-hydrogen) atoms. The minimum absolute atomic E-state index is 0.442. The van der Waals surface area contributed by atoms with Crippen molar-refractivity contribution in [3.8, 4) is 22.9 Å². The van der Waals surface area contributed by atoms with Crippen LogP contribution >= 0.6 is 0 Å². The maximum Gasteiger partial charge on any atom is 0.238 e. The second kappa shape index (κ2) is 6.89. The number of rotatable bonds is 5. The van der Waals surface area contributed by atoms with E-state index in [-0.39, 0.29) is 0 Å². The fourth-order valence-corrected chi connectivity index (χ4v) is 2.62. The lowest BCUT2D eigenvalue weighted by atomic mass is 10.1. The molecule has 0 aliphatic heterocycles. The Morgan fingerprint density at radius 2 is 1.92 bits per heavy atom. The molecule has 0 spiro atoms. The van der Waals surface area contributed by atoms with E-state index < -0.39 is 0 Å². The van der Waals surface area contributed by atoms with E-state index in [0.717, 1.165) is 28.0 Å². The van der Waals surface area contributed by atoms with Crippen LogP contribution in [-0.4, -0.2) is 31.9 Å². The largest absolute Gasteiger partial charge is 0.436 e. The molecule has 0 bridgehead atoms. The van der Waals surface area contributed by atoms with E-state index in [9.17, 15) is 0 Å². The third kappa shape index (κ3) is 3.25. The number of methoxy groups -OCH3 is 1. The zero-order valence-electron chi connectivity index (χ0n) is 14.5. The topological polar surface area (TPSA) is 74.4 Å². The zero-order valence-corrected chi connectivity index (χ0v) is 14.5. The third-order valence-electron chi connectivity index (χ3n) is 3.90. The maximum absolute atomic E-state index is 5.74. The van der Waals surface area contributed by atoms with Crippen LogP contribution in [0.4, 0.5) is 0 Å². The lowest BCUT2D eigenvalue weighted by Gasteiger charge is -2.05. The summed E-state index contributed by atoms with van der Waals surface area (Å²) in [5.74, 6) is 1.08. The minimum Gasteiger partial charge on any atom is -0.436 e. The summed E-state index contributed by atoms with van der Waals surface area (Å²) in [6.07, 6.45) is 5.42. The molecule has 0 fully saturated rings. The van der Waals surface area contributed by atoms with Gasteiger partial charge in [-0.05, 0) is 36.8 Å². The van der Waals surface area contributed by atoms with Crippen LogP contribution in [0.5, 0.6) is 11.6 Å². The van der Waals surface area contributed by atoms with Crippen molar-refractivity contribution in [2.75, 3.05) is 7.11 Å². The second-order valence-electron chi connectivity index (χ2n) is 5.85. The van der Waals surface area contributed by atoms with E-state index in [1.165, 1.54) is 0 Å². The fraction of sp³-hybridized carbons (Fsp3) is 0.158. The summed E-state index contributed by atoms with van der Waals surface area (Å²) in [7, 11) is 1.67. The Labute approximate surface area is 150 Å². The molecule has 4 rings (SSSR count). The minimum atomic E-state index is 0.442. The third-order valence-corrected chi connectivity index (χ3v) is 3.90. The highest BCUT2D eigenvalue weighted by atomic mass is 16.5. The highest BCUT2D eigenvalue weighted by Crippen LogP contribution is 2.26. The van der Waals surface area contributed by atoms with Gasteiger partial charge in [-0.15, -0.1) is 5.10 Å². The molecule has 4 aromatic rings. The van der Waals surface area contributed by atoms with E-state index in [1.807, 2.05) is 43.5 Å². The molecule has 130 valence electrons. The predicted molar refractivity (Wildman–Crippen MR) is 96.0 cm³/mol. The number of hydrogen-bond donors (Lipinski definition) is 0.